The molecule has 20 heavy (non-hydrogen) atoms. The van der Waals surface area contributed by atoms with Gasteiger partial charge in [-0.1, -0.05) is 36.4 Å². The largest absolute Gasteiger partial charge is 0.295 e. The van der Waals surface area contributed by atoms with Crippen LogP contribution in [-0.2, 0) is 0 Å². The van der Waals surface area contributed by atoms with Gasteiger partial charge >= 0.3 is 0 Å². The molecule has 98 valence electrons. The normalized spacial score (nSPS) is 11.7. The molecule has 0 unspecified atom stereocenters. The molecule has 0 aliphatic carbocycles. The second kappa shape index (κ2) is 4.25. The topological polar surface area (TPSA) is 17.3 Å². The van der Waals surface area contributed by atoms with E-state index in [-0.39, 0.29) is 0 Å². The van der Waals surface area contributed by atoms with E-state index in [1.807, 2.05) is 6.20 Å². The van der Waals surface area contributed by atoms with Crippen molar-refractivity contribution >= 4 is 39.1 Å². The zero-order valence-corrected chi connectivity index (χ0v) is 12.2. The second-order valence-corrected chi connectivity index (χ2v) is 5.81. The minimum atomic E-state index is 1.05. The maximum Gasteiger partial charge on any atom is 0.145 e. The molecule has 2 heterocycles. The number of imidazole rings is 1. The number of nitrogens with zero attached hydrogens (tertiary/aromatic N) is 2. The fraction of sp³-hybridized carbons (Fsp3) is 0.118. The smallest absolute Gasteiger partial charge is 0.145 e. The Morgan fingerprint density at radius 1 is 0.950 bits per heavy atom. The monoisotopic (exact) mass is 278 g/mol. The average Bonchev–Trinajstić information content (AvgIpc) is 2.89. The highest BCUT2D eigenvalue weighted by atomic mass is 32.2. The van der Waals surface area contributed by atoms with E-state index in [0.29, 0.717) is 0 Å². The van der Waals surface area contributed by atoms with Crippen LogP contribution in [0.2, 0.25) is 0 Å². The first kappa shape index (κ1) is 11.8. The summed E-state index contributed by atoms with van der Waals surface area (Å²) in [6.07, 6.45) is 4.08. The summed E-state index contributed by atoms with van der Waals surface area (Å²) in [5.74, 6) is 0. The van der Waals surface area contributed by atoms with Crippen molar-refractivity contribution in [2.45, 2.75) is 11.8 Å². The van der Waals surface area contributed by atoms with E-state index in [2.05, 4.69) is 65.0 Å². The van der Waals surface area contributed by atoms with Gasteiger partial charge in [0.05, 0.1) is 5.52 Å². The zero-order valence-electron chi connectivity index (χ0n) is 11.4. The van der Waals surface area contributed by atoms with Gasteiger partial charge in [0.2, 0.25) is 0 Å². The van der Waals surface area contributed by atoms with Crippen LogP contribution in [0.25, 0.3) is 27.3 Å². The van der Waals surface area contributed by atoms with Crippen molar-refractivity contribution in [3.05, 3.63) is 54.4 Å². The van der Waals surface area contributed by atoms with Crippen LogP contribution in [0.3, 0.4) is 0 Å². The van der Waals surface area contributed by atoms with Crippen molar-refractivity contribution in [1.29, 1.82) is 0 Å². The van der Waals surface area contributed by atoms with Gasteiger partial charge in [0, 0.05) is 27.6 Å². The molecule has 2 aromatic carbocycles. The van der Waals surface area contributed by atoms with Crippen LogP contribution >= 0.6 is 11.8 Å². The van der Waals surface area contributed by atoms with Gasteiger partial charge in [-0.3, -0.25) is 4.40 Å². The lowest BCUT2D eigenvalue weighted by molar-refractivity contribution is 1.15. The number of aromatic nitrogens is 2. The number of hydrogen-bond donors (Lipinski definition) is 0. The number of pyridine rings is 1. The molecule has 0 spiro atoms. The highest BCUT2D eigenvalue weighted by Crippen LogP contribution is 2.34. The molecule has 3 heteroatoms. The molecule has 2 aromatic heterocycles. The Bertz CT molecular complexity index is 953. The van der Waals surface area contributed by atoms with Gasteiger partial charge in [0.1, 0.15) is 5.65 Å². The van der Waals surface area contributed by atoms with Crippen molar-refractivity contribution in [3.8, 4) is 0 Å². The van der Waals surface area contributed by atoms with E-state index in [9.17, 15) is 0 Å². The third kappa shape index (κ3) is 1.44. The lowest BCUT2D eigenvalue weighted by Gasteiger charge is -2.12. The number of thioether (sulfide) groups is 1. The first-order valence-corrected chi connectivity index (χ1v) is 7.85. The van der Waals surface area contributed by atoms with Crippen LogP contribution < -0.4 is 0 Å². The third-order valence-corrected chi connectivity index (χ3v) is 4.61. The Morgan fingerprint density at radius 3 is 2.50 bits per heavy atom. The summed E-state index contributed by atoms with van der Waals surface area (Å²) < 4.78 is 2.28. The molecular weight excluding hydrogens is 264 g/mol. The summed E-state index contributed by atoms with van der Waals surface area (Å²) in [4.78, 5) is 5.92. The van der Waals surface area contributed by atoms with Crippen LogP contribution in [0.1, 0.15) is 5.69 Å². The predicted molar refractivity (Wildman–Crippen MR) is 86.7 cm³/mol. The predicted octanol–water partition coefficient (Wildman–Crippen LogP) is 4.67. The zero-order chi connectivity index (χ0) is 13.7. The minimum Gasteiger partial charge on any atom is -0.295 e. The van der Waals surface area contributed by atoms with Gasteiger partial charge in [-0.05, 0) is 24.6 Å². The molecule has 4 aromatic rings. The molecule has 0 saturated heterocycles. The lowest BCUT2D eigenvalue weighted by Crippen LogP contribution is -1.94. The van der Waals surface area contributed by atoms with Crippen LogP contribution in [-0.4, -0.2) is 15.6 Å². The number of fused-ring (bicyclic) bond motifs is 6. The Kier molecular flexibility index (Phi) is 2.51. The number of rotatable bonds is 1. The number of benzene rings is 2. The molecule has 0 atom stereocenters. The van der Waals surface area contributed by atoms with Gasteiger partial charge in [0.15, 0.2) is 0 Å². The number of hydrogen-bond acceptors (Lipinski definition) is 2. The summed E-state index contributed by atoms with van der Waals surface area (Å²) >= 11 is 1.79. The quantitative estimate of drug-likeness (QED) is 0.372. The van der Waals surface area contributed by atoms with Crippen LogP contribution in [0.5, 0.6) is 0 Å². The molecule has 0 radical (unpaired) electrons. The summed E-state index contributed by atoms with van der Waals surface area (Å²) in [5.41, 5.74) is 3.49. The fourth-order valence-corrected chi connectivity index (χ4v) is 3.57. The van der Waals surface area contributed by atoms with Gasteiger partial charge in [-0.2, -0.15) is 0 Å². The second-order valence-electron chi connectivity index (χ2n) is 4.96. The summed E-state index contributed by atoms with van der Waals surface area (Å²) in [7, 11) is 0. The molecule has 0 aliphatic rings. The third-order valence-electron chi connectivity index (χ3n) is 3.84. The Balaban J connectivity index is 2.44. The molecule has 0 N–H and O–H groups in total. The lowest BCUT2D eigenvalue weighted by atomic mass is 10.1. The SMILES string of the molecule is CSc1cccc2c3ccccc3c3ncc(C)n3c12. The van der Waals surface area contributed by atoms with E-state index in [1.165, 1.54) is 32.3 Å². The Morgan fingerprint density at radius 2 is 1.70 bits per heavy atom. The summed E-state index contributed by atoms with van der Waals surface area (Å²) in [5, 5.41) is 3.78. The van der Waals surface area contributed by atoms with Crippen molar-refractivity contribution in [2.24, 2.45) is 0 Å². The maximum absolute atomic E-state index is 4.63. The summed E-state index contributed by atoms with van der Waals surface area (Å²) in [6.45, 7) is 2.12. The van der Waals surface area contributed by atoms with Gasteiger partial charge < -0.3 is 0 Å². The highest BCUT2D eigenvalue weighted by molar-refractivity contribution is 7.98. The molecule has 4 rings (SSSR count). The van der Waals surface area contributed by atoms with Crippen molar-refractivity contribution in [3.63, 3.8) is 0 Å². The van der Waals surface area contributed by atoms with Crippen molar-refractivity contribution in [2.75, 3.05) is 6.26 Å². The van der Waals surface area contributed by atoms with E-state index >= 15 is 0 Å². The molecular formula is C17H14N2S. The van der Waals surface area contributed by atoms with Gasteiger partial charge in [0.25, 0.3) is 0 Å². The first-order valence-electron chi connectivity index (χ1n) is 6.63. The van der Waals surface area contributed by atoms with Crippen LogP contribution in [0, 0.1) is 6.92 Å². The first-order chi connectivity index (χ1) is 9.81. The standard InChI is InChI=1S/C17H14N2S/c1-11-10-18-17-14-7-4-3-6-12(14)13-8-5-9-15(20-2)16(13)19(11)17/h3-10H,1-2H3. The Hall–Kier alpha value is -2.00. The molecule has 0 aliphatic heterocycles. The average molecular weight is 278 g/mol. The van der Waals surface area contributed by atoms with Crippen LogP contribution in [0.15, 0.2) is 53.6 Å². The van der Waals surface area contributed by atoms with E-state index in [0.717, 1.165) is 5.65 Å². The maximum atomic E-state index is 4.63. The molecule has 0 fully saturated rings. The van der Waals surface area contributed by atoms with E-state index in [1.54, 1.807) is 11.8 Å². The number of aryl methyl sites for hydroxylation is 1. The van der Waals surface area contributed by atoms with Crippen LogP contribution in [0.4, 0.5) is 0 Å². The molecule has 0 amide bonds. The van der Waals surface area contributed by atoms with Gasteiger partial charge in [-0.25, -0.2) is 4.98 Å². The van der Waals surface area contributed by atoms with Gasteiger partial charge in [-0.15, -0.1) is 11.8 Å². The van der Waals surface area contributed by atoms with Crippen molar-refractivity contribution < 1.29 is 0 Å². The minimum absolute atomic E-state index is 1.05. The van der Waals surface area contributed by atoms with Crippen molar-refractivity contribution in [1.82, 2.24) is 9.38 Å². The number of para-hydroxylation sites is 1. The molecule has 0 bridgehead atoms. The van der Waals surface area contributed by atoms with E-state index < -0.39 is 0 Å². The molecule has 0 saturated carbocycles. The highest BCUT2D eigenvalue weighted by Gasteiger charge is 2.13. The molecule has 2 nitrogen and oxygen atoms in total. The Labute approximate surface area is 121 Å². The summed E-state index contributed by atoms with van der Waals surface area (Å²) in [6, 6.07) is 15.0. The van der Waals surface area contributed by atoms with E-state index in [4.69, 9.17) is 0 Å². The fourth-order valence-electron chi connectivity index (χ4n) is 2.96.